The molecular formula is C48H54F4N8O8S. The van der Waals surface area contributed by atoms with E-state index < -0.39 is 54.6 Å². The maximum atomic E-state index is 14.9. The van der Waals surface area contributed by atoms with Crippen LogP contribution in [0, 0.1) is 27.3 Å². The molecule has 1 spiro atoms. The van der Waals surface area contributed by atoms with Gasteiger partial charge in [0, 0.05) is 74.8 Å². The van der Waals surface area contributed by atoms with E-state index in [0.717, 1.165) is 57.2 Å². The van der Waals surface area contributed by atoms with Crippen molar-refractivity contribution >= 4 is 44.2 Å². The van der Waals surface area contributed by atoms with Crippen LogP contribution in [0.15, 0.2) is 71.9 Å². The third kappa shape index (κ3) is 10.0. The van der Waals surface area contributed by atoms with E-state index in [2.05, 4.69) is 30.1 Å². The van der Waals surface area contributed by atoms with E-state index in [-0.39, 0.29) is 69.7 Å². The van der Waals surface area contributed by atoms with Gasteiger partial charge in [0.1, 0.15) is 22.1 Å². The molecule has 5 heterocycles. The summed E-state index contributed by atoms with van der Waals surface area (Å²) in [5.41, 5.74) is -1.03. The number of nitrogens with zero attached hydrogens (tertiary/aromatic N) is 5. The minimum Gasteiger partial charge on any atom is -0.475 e. The SMILES string of the molecule is CCOc1nc2[nH]cc(F)c2cc1Oc1cc(N2CCC3(CC2)CN(C2CCCC2c2ccccc2C(F)(F)F)C3)ccc1C(=O)NS(=O)(=O)c1cnc(NCC2CCC(C)(O)CC2)c([N+](=O)[O-])c1. The second-order valence-electron chi connectivity index (χ2n) is 19.2. The number of piperidine rings is 1. The first-order chi connectivity index (χ1) is 32.8. The quantitative estimate of drug-likeness (QED) is 0.0467. The molecule has 4 aliphatic rings. The fraction of sp³-hybridized carbons (Fsp3) is 0.479. The molecule has 3 aromatic heterocycles. The summed E-state index contributed by atoms with van der Waals surface area (Å²) in [6, 6.07) is 12.7. The van der Waals surface area contributed by atoms with Crippen molar-refractivity contribution in [2.24, 2.45) is 11.3 Å². The van der Waals surface area contributed by atoms with Crippen LogP contribution in [0.25, 0.3) is 11.0 Å². The van der Waals surface area contributed by atoms with Crippen LogP contribution in [0.5, 0.6) is 17.4 Å². The molecule has 2 atom stereocenters. The van der Waals surface area contributed by atoms with Gasteiger partial charge < -0.3 is 29.8 Å². The van der Waals surface area contributed by atoms with E-state index in [9.17, 15) is 46.0 Å². The number of carbonyl (C=O) groups excluding carboxylic acids is 1. The number of hydrogen-bond donors (Lipinski definition) is 4. The Labute approximate surface area is 396 Å². The molecular weight excluding hydrogens is 925 g/mol. The third-order valence-electron chi connectivity index (χ3n) is 14.5. The summed E-state index contributed by atoms with van der Waals surface area (Å²) in [4.78, 5) is 40.4. The molecule has 2 aliphatic heterocycles. The number of aromatic amines is 1. The highest BCUT2D eigenvalue weighted by Gasteiger charge is 2.50. The second kappa shape index (κ2) is 18.7. The van der Waals surface area contributed by atoms with E-state index in [1.807, 2.05) is 4.72 Å². The number of alkyl halides is 3. The van der Waals surface area contributed by atoms with Crippen LogP contribution in [-0.4, -0.2) is 95.2 Å². The lowest BCUT2D eigenvalue weighted by molar-refractivity contribution is -0.384. The molecule has 2 saturated heterocycles. The van der Waals surface area contributed by atoms with E-state index >= 15 is 0 Å². The van der Waals surface area contributed by atoms with Crippen molar-refractivity contribution in [2.45, 2.75) is 100 Å². The van der Waals surface area contributed by atoms with Crippen molar-refractivity contribution in [1.29, 1.82) is 0 Å². The van der Waals surface area contributed by atoms with E-state index in [1.165, 1.54) is 24.3 Å². The van der Waals surface area contributed by atoms with Crippen LogP contribution in [0.3, 0.4) is 0 Å². The molecule has 2 unspecified atom stereocenters. The average molecular weight is 979 g/mol. The predicted octanol–water partition coefficient (Wildman–Crippen LogP) is 8.93. The van der Waals surface area contributed by atoms with Crippen molar-refractivity contribution in [3.05, 3.63) is 99.6 Å². The van der Waals surface area contributed by atoms with Gasteiger partial charge in [-0.15, -0.1) is 0 Å². The molecule has 0 bridgehead atoms. The monoisotopic (exact) mass is 978 g/mol. The Morgan fingerprint density at radius 2 is 1.77 bits per heavy atom. The summed E-state index contributed by atoms with van der Waals surface area (Å²) in [6.07, 6.45) is 4.11. The number of nitro groups is 1. The number of halogens is 4. The van der Waals surface area contributed by atoms with Gasteiger partial charge in [-0.05, 0) is 100 Å². The maximum Gasteiger partial charge on any atom is 0.416 e. The highest BCUT2D eigenvalue weighted by molar-refractivity contribution is 7.90. The molecule has 1 amide bonds. The van der Waals surface area contributed by atoms with Gasteiger partial charge in [0.25, 0.3) is 21.8 Å². The van der Waals surface area contributed by atoms with Crippen LogP contribution in [0.1, 0.15) is 99.0 Å². The number of H-pyrrole nitrogens is 1. The van der Waals surface area contributed by atoms with Gasteiger partial charge in [-0.3, -0.25) is 19.8 Å². The number of anilines is 2. The Morgan fingerprint density at radius 1 is 1.03 bits per heavy atom. The van der Waals surface area contributed by atoms with Gasteiger partial charge >= 0.3 is 11.9 Å². The lowest BCUT2D eigenvalue weighted by Gasteiger charge is -2.57. The summed E-state index contributed by atoms with van der Waals surface area (Å²) < 4.78 is 98.5. The highest BCUT2D eigenvalue weighted by atomic mass is 32.2. The molecule has 9 rings (SSSR count). The van der Waals surface area contributed by atoms with Crippen molar-refractivity contribution < 1.29 is 50.3 Å². The topological polar surface area (TPSA) is 205 Å². The van der Waals surface area contributed by atoms with E-state index in [4.69, 9.17) is 9.47 Å². The van der Waals surface area contributed by atoms with Crippen LogP contribution in [-0.2, 0) is 16.2 Å². The summed E-state index contributed by atoms with van der Waals surface area (Å²) in [7, 11) is -4.77. The number of ether oxygens (including phenoxy) is 2. The lowest BCUT2D eigenvalue weighted by Crippen LogP contribution is -2.63. The summed E-state index contributed by atoms with van der Waals surface area (Å²) in [5.74, 6) is -2.20. The summed E-state index contributed by atoms with van der Waals surface area (Å²) in [6.45, 7) is 6.69. The van der Waals surface area contributed by atoms with Crippen molar-refractivity contribution in [2.75, 3.05) is 49.5 Å². The minimum atomic E-state index is -4.77. The second-order valence-corrected chi connectivity index (χ2v) is 20.9. The Bertz CT molecular complexity index is 2850. The van der Waals surface area contributed by atoms with Gasteiger partial charge in [0.2, 0.25) is 5.82 Å². The first kappa shape index (κ1) is 48.0. The van der Waals surface area contributed by atoms with Crippen LogP contribution < -0.4 is 24.4 Å². The molecule has 4 N–H and O–H groups in total. The fourth-order valence-electron chi connectivity index (χ4n) is 10.7. The van der Waals surface area contributed by atoms with Crippen molar-refractivity contribution in [3.8, 4) is 17.4 Å². The Hall–Kier alpha value is -6.06. The van der Waals surface area contributed by atoms with E-state index in [1.54, 1.807) is 38.1 Å². The smallest absolute Gasteiger partial charge is 0.416 e. The number of aliphatic hydroxyl groups is 1. The van der Waals surface area contributed by atoms with Crippen molar-refractivity contribution in [1.82, 2.24) is 24.6 Å². The number of nitrogens with one attached hydrogen (secondary N) is 3. The van der Waals surface area contributed by atoms with Crippen LogP contribution in [0.2, 0.25) is 0 Å². The van der Waals surface area contributed by atoms with Crippen LogP contribution in [0.4, 0.5) is 34.8 Å². The van der Waals surface area contributed by atoms with Gasteiger partial charge in [0.05, 0.1) is 39.8 Å². The molecule has 4 fully saturated rings. The standard InChI is InChI=1S/C48H54F4N8O8S/c1-3-67-45-41(23-35-37(49)26-55-42(35)56-45)68-40-21-30(58-19-17-47(18-20-58)27-59(28-47)38-10-6-8-33(38)32-7-4-5-9-36(32)48(50,51)52)11-12-34(40)44(61)57-69(65,66)31-22-39(60(63)64)43(54-25-31)53-24-29-13-15-46(2,62)16-14-29/h4-5,7,9,11-12,21-23,25-26,29,33,38,62H,3,6,8,10,13-20,24,27-28H2,1-2H3,(H,53,54)(H,55,56)(H,57,61). The fourth-order valence-corrected chi connectivity index (χ4v) is 11.6. The van der Waals surface area contributed by atoms with Gasteiger partial charge in [-0.2, -0.15) is 18.2 Å². The first-order valence-electron chi connectivity index (χ1n) is 23.3. The number of amides is 1. The molecule has 0 radical (unpaired) electrons. The number of hydrogen-bond acceptors (Lipinski definition) is 13. The van der Waals surface area contributed by atoms with Gasteiger partial charge in [0.15, 0.2) is 5.75 Å². The largest absolute Gasteiger partial charge is 0.475 e. The zero-order valence-corrected chi connectivity index (χ0v) is 39.0. The van der Waals surface area contributed by atoms with Gasteiger partial charge in [-0.25, -0.2) is 22.5 Å². The minimum absolute atomic E-state index is 0.0223. The maximum absolute atomic E-state index is 14.9. The molecule has 2 aromatic carbocycles. The van der Waals surface area contributed by atoms with Crippen molar-refractivity contribution in [3.63, 3.8) is 0 Å². The molecule has 5 aromatic rings. The number of rotatable bonds is 14. The number of aromatic nitrogens is 3. The van der Waals surface area contributed by atoms with Gasteiger partial charge in [-0.1, -0.05) is 24.6 Å². The molecule has 368 valence electrons. The third-order valence-corrected chi connectivity index (χ3v) is 15.8. The number of carbonyl (C=O) groups is 1. The predicted molar refractivity (Wildman–Crippen MR) is 248 cm³/mol. The molecule has 2 aliphatic carbocycles. The molecule has 21 heteroatoms. The Morgan fingerprint density at radius 3 is 2.48 bits per heavy atom. The number of benzene rings is 2. The number of sulfonamides is 1. The molecule has 2 saturated carbocycles. The first-order valence-corrected chi connectivity index (χ1v) is 24.8. The average Bonchev–Trinajstić information content (AvgIpc) is 3.93. The summed E-state index contributed by atoms with van der Waals surface area (Å²) >= 11 is 0. The van der Waals surface area contributed by atoms with E-state index in [0.29, 0.717) is 63.0 Å². The highest BCUT2D eigenvalue weighted by Crippen LogP contribution is 2.50. The molecule has 16 nitrogen and oxygen atoms in total. The number of pyridine rings is 2. The molecule has 69 heavy (non-hydrogen) atoms. The zero-order chi connectivity index (χ0) is 48.9. The summed E-state index contributed by atoms with van der Waals surface area (Å²) in [5, 5.41) is 25.5. The Balaban J connectivity index is 0.934. The Kier molecular flexibility index (Phi) is 13.0. The number of fused-ring (bicyclic) bond motifs is 1. The lowest BCUT2D eigenvalue weighted by atomic mass is 9.70. The normalized spacial score (nSPS) is 22.9. The number of likely N-dealkylation sites (tertiary alicyclic amines) is 1. The zero-order valence-electron chi connectivity index (χ0n) is 38.2. The van der Waals surface area contributed by atoms with Crippen LogP contribution >= 0.6 is 0 Å².